The highest BCUT2D eigenvalue weighted by Crippen LogP contribution is 2.37. The van der Waals surface area contributed by atoms with E-state index >= 15 is 0 Å². The number of hydrogen-bond acceptors (Lipinski definition) is 4. The van der Waals surface area contributed by atoms with E-state index < -0.39 is 10.0 Å². The van der Waals surface area contributed by atoms with Crippen LogP contribution in [0.15, 0.2) is 10.3 Å². The van der Waals surface area contributed by atoms with Crippen LogP contribution in [-0.2, 0) is 16.6 Å². The second kappa shape index (κ2) is 3.80. The van der Waals surface area contributed by atoms with Crippen molar-refractivity contribution in [2.45, 2.75) is 43.0 Å². The number of sulfonamides is 1. The van der Waals surface area contributed by atoms with Gasteiger partial charge in [-0.15, -0.1) is 11.3 Å². The first kappa shape index (κ1) is 12.0. The summed E-state index contributed by atoms with van der Waals surface area (Å²) in [5.74, 6) is 0. The zero-order valence-corrected chi connectivity index (χ0v) is 10.9. The van der Waals surface area contributed by atoms with E-state index in [-0.39, 0.29) is 12.1 Å². The van der Waals surface area contributed by atoms with Gasteiger partial charge >= 0.3 is 0 Å². The largest absolute Gasteiger partial charge is 0.391 e. The van der Waals surface area contributed by atoms with Crippen molar-refractivity contribution in [3.8, 4) is 0 Å². The van der Waals surface area contributed by atoms with Crippen molar-refractivity contribution in [1.82, 2.24) is 4.72 Å². The standard InChI is InChI=1S/C10H15NO3S2/c1-7-5-9(15-8(7)6-12)16(13,14)11-10(2)3-4-10/h5,11-12H,3-4,6H2,1-2H3. The fourth-order valence-electron chi connectivity index (χ4n) is 1.44. The third kappa shape index (κ3) is 2.29. The van der Waals surface area contributed by atoms with Crippen molar-refractivity contribution in [1.29, 1.82) is 0 Å². The van der Waals surface area contributed by atoms with E-state index in [1.54, 1.807) is 13.0 Å². The van der Waals surface area contributed by atoms with Crippen LogP contribution in [0.25, 0.3) is 0 Å². The number of aliphatic hydroxyl groups is 1. The molecule has 1 aliphatic carbocycles. The molecule has 0 radical (unpaired) electrons. The Labute approximate surface area is 99.4 Å². The summed E-state index contributed by atoms with van der Waals surface area (Å²) >= 11 is 1.13. The topological polar surface area (TPSA) is 66.4 Å². The van der Waals surface area contributed by atoms with Crippen LogP contribution in [0.4, 0.5) is 0 Å². The Balaban J connectivity index is 2.28. The first-order chi connectivity index (χ1) is 7.36. The summed E-state index contributed by atoms with van der Waals surface area (Å²) in [5, 5.41) is 9.04. The van der Waals surface area contributed by atoms with E-state index in [0.717, 1.165) is 29.7 Å². The fraction of sp³-hybridized carbons (Fsp3) is 0.600. The van der Waals surface area contributed by atoms with Crippen LogP contribution >= 0.6 is 11.3 Å². The molecule has 0 amide bonds. The number of rotatable bonds is 4. The molecule has 2 rings (SSSR count). The SMILES string of the molecule is Cc1cc(S(=O)(=O)NC2(C)CC2)sc1CO. The van der Waals surface area contributed by atoms with Crippen LogP contribution < -0.4 is 4.72 Å². The quantitative estimate of drug-likeness (QED) is 0.860. The third-order valence-corrected chi connectivity index (χ3v) is 6.12. The Bertz CT molecular complexity index is 500. The van der Waals surface area contributed by atoms with E-state index in [0.29, 0.717) is 9.09 Å². The fourth-order valence-corrected chi connectivity index (χ4v) is 4.36. The van der Waals surface area contributed by atoms with Gasteiger partial charge in [0.05, 0.1) is 6.61 Å². The second-order valence-electron chi connectivity index (χ2n) is 4.50. The molecule has 6 heteroatoms. The van der Waals surface area contributed by atoms with Crippen molar-refractivity contribution in [3.63, 3.8) is 0 Å². The first-order valence-corrected chi connectivity index (χ1v) is 7.40. The molecule has 0 bridgehead atoms. The Morgan fingerprint density at radius 1 is 1.56 bits per heavy atom. The summed E-state index contributed by atoms with van der Waals surface area (Å²) in [7, 11) is -3.41. The van der Waals surface area contributed by atoms with Gasteiger partial charge in [0.2, 0.25) is 0 Å². The summed E-state index contributed by atoms with van der Waals surface area (Å²) in [5.41, 5.74) is 0.574. The molecule has 16 heavy (non-hydrogen) atoms. The predicted octanol–water partition coefficient (Wildman–Crippen LogP) is 1.38. The Morgan fingerprint density at radius 3 is 2.62 bits per heavy atom. The lowest BCUT2D eigenvalue weighted by Crippen LogP contribution is -2.33. The van der Waals surface area contributed by atoms with Gasteiger partial charge in [-0.3, -0.25) is 0 Å². The molecule has 2 N–H and O–H groups in total. The number of aliphatic hydroxyl groups excluding tert-OH is 1. The highest BCUT2D eigenvalue weighted by molar-refractivity contribution is 7.91. The van der Waals surface area contributed by atoms with Crippen LogP contribution in [0.3, 0.4) is 0 Å². The zero-order chi connectivity index (χ0) is 12.0. The van der Waals surface area contributed by atoms with Crippen LogP contribution in [-0.4, -0.2) is 19.1 Å². The third-order valence-electron chi connectivity index (χ3n) is 2.79. The van der Waals surface area contributed by atoms with Gasteiger partial charge in [0.25, 0.3) is 10.0 Å². The lowest BCUT2D eigenvalue weighted by atomic mass is 10.3. The summed E-state index contributed by atoms with van der Waals surface area (Å²) in [6.45, 7) is 3.60. The monoisotopic (exact) mass is 261 g/mol. The lowest BCUT2D eigenvalue weighted by molar-refractivity contribution is 0.285. The number of thiophene rings is 1. The van der Waals surface area contributed by atoms with Gasteiger partial charge in [-0.05, 0) is 38.3 Å². The predicted molar refractivity (Wildman–Crippen MR) is 62.9 cm³/mol. The molecular formula is C10H15NO3S2. The van der Waals surface area contributed by atoms with Gasteiger partial charge in [0, 0.05) is 10.4 Å². The van der Waals surface area contributed by atoms with Crippen LogP contribution in [0, 0.1) is 6.92 Å². The van der Waals surface area contributed by atoms with Gasteiger partial charge < -0.3 is 5.11 Å². The molecule has 0 saturated heterocycles. The molecule has 0 unspecified atom stereocenters. The molecule has 1 saturated carbocycles. The molecule has 0 aromatic carbocycles. The maximum Gasteiger partial charge on any atom is 0.250 e. The van der Waals surface area contributed by atoms with E-state index in [1.165, 1.54) is 0 Å². The number of nitrogens with one attached hydrogen (secondary N) is 1. The zero-order valence-electron chi connectivity index (χ0n) is 9.28. The molecule has 90 valence electrons. The molecular weight excluding hydrogens is 246 g/mol. The molecule has 4 nitrogen and oxygen atoms in total. The Hall–Kier alpha value is -0.430. The molecule has 1 fully saturated rings. The van der Waals surface area contributed by atoms with Crippen molar-refractivity contribution in [2.75, 3.05) is 0 Å². The highest BCUT2D eigenvalue weighted by Gasteiger charge is 2.41. The molecule has 1 aromatic rings. The van der Waals surface area contributed by atoms with Crippen LogP contribution in [0.1, 0.15) is 30.2 Å². The molecule has 0 spiro atoms. The smallest absolute Gasteiger partial charge is 0.250 e. The van der Waals surface area contributed by atoms with E-state index in [2.05, 4.69) is 4.72 Å². The number of aryl methyl sites for hydroxylation is 1. The molecule has 1 aromatic heterocycles. The second-order valence-corrected chi connectivity index (χ2v) is 7.54. The Kier molecular flexibility index (Phi) is 2.86. The minimum absolute atomic E-state index is 0.108. The summed E-state index contributed by atoms with van der Waals surface area (Å²) < 4.78 is 27.0. The average molecular weight is 261 g/mol. The summed E-state index contributed by atoms with van der Waals surface area (Å²) in [4.78, 5) is 0.710. The van der Waals surface area contributed by atoms with Crippen molar-refractivity contribution in [2.24, 2.45) is 0 Å². The molecule has 1 aliphatic rings. The lowest BCUT2D eigenvalue weighted by Gasteiger charge is -2.10. The van der Waals surface area contributed by atoms with Gasteiger partial charge in [0.1, 0.15) is 4.21 Å². The highest BCUT2D eigenvalue weighted by atomic mass is 32.2. The average Bonchev–Trinajstić information content (AvgIpc) is 2.76. The van der Waals surface area contributed by atoms with E-state index in [1.807, 2.05) is 6.92 Å². The minimum Gasteiger partial charge on any atom is -0.391 e. The molecule has 1 heterocycles. The maximum absolute atomic E-state index is 12.0. The normalized spacial score (nSPS) is 18.7. The van der Waals surface area contributed by atoms with Crippen molar-refractivity contribution < 1.29 is 13.5 Å². The van der Waals surface area contributed by atoms with Crippen molar-refractivity contribution in [3.05, 3.63) is 16.5 Å². The van der Waals surface area contributed by atoms with Gasteiger partial charge in [-0.2, -0.15) is 0 Å². The van der Waals surface area contributed by atoms with Gasteiger partial charge in [0.15, 0.2) is 0 Å². The minimum atomic E-state index is -3.41. The van der Waals surface area contributed by atoms with Crippen LogP contribution in [0.2, 0.25) is 0 Å². The summed E-state index contributed by atoms with van der Waals surface area (Å²) in [6, 6.07) is 1.62. The summed E-state index contributed by atoms with van der Waals surface area (Å²) in [6.07, 6.45) is 1.78. The van der Waals surface area contributed by atoms with E-state index in [4.69, 9.17) is 5.11 Å². The number of hydrogen-bond donors (Lipinski definition) is 2. The first-order valence-electron chi connectivity index (χ1n) is 5.10. The van der Waals surface area contributed by atoms with E-state index in [9.17, 15) is 8.42 Å². The molecule has 0 aliphatic heterocycles. The Morgan fingerprint density at radius 2 is 2.19 bits per heavy atom. The maximum atomic E-state index is 12.0. The van der Waals surface area contributed by atoms with Gasteiger partial charge in [-0.25, -0.2) is 13.1 Å². The van der Waals surface area contributed by atoms with Gasteiger partial charge in [-0.1, -0.05) is 0 Å². The molecule has 0 atom stereocenters. The van der Waals surface area contributed by atoms with Crippen LogP contribution in [0.5, 0.6) is 0 Å². The van der Waals surface area contributed by atoms with Crippen molar-refractivity contribution >= 4 is 21.4 Å².